The Labute approximate surface area is 167 Å². The van der Waals surface area contributed by atoms with Crippen LogP contribution in [-0.2, 0) is 21.3 Å². The average molecular weight is 411 g/mol. The summed E-state index contributed by atoms with van der Waals surface area (Å²) in [6.07, 6.45) is 3.76. The van der Waals surface area contributed by atoms with Crippen molar-refractivity contribution in [2.24, 2.45) is 11.8 Å². The van der Waals surface area contributed by atoms with Crippen LogP contribution >= 0.6 is 0 Å². The smallest absolute Gasteiger partial charge is 0.217 e. The van der Waals surface area contributed by atoms with E-state index in [1.165, 1.54) is 4.31 Å². The molecule has 0 bridgehead atoms. The Morgan fingerprint density at radius 3 is 2.46 bits per heavy atom. The van der Waals surface area contributed by atoms with Crippen LogP contribution in [-0.4, -0.2) is 50.3 Å². The third-order valence-electron chi connectivity index (χ3n) is 6.89. The fourth-order valence-electron chi connectivity index (χ4n) is 4.73. The molecule has 3 fully saturated rings. The molecule has 3 saturated heterocycles. The van der Waals surface area contributed by atoms with Gasteiger partial charge in [-0.2, -0.15) is 4.31 Å². The summed E-state index contributed by atoms with van der Waals surface area (Å²) >= 11 is 0. The van der Waals surface area contributed by atoms with Crippen molar-refractivity contribution in [3.63, 3.8) is 0 Å². The highest BCUT2D eigenvalue weighted by Gasteiger charge is 2.38. The fourth-order valence-corrected chi connectivity index (χ4v) is 6.56. The summed E-state index contributed by atoms with van der Waals surface area (Å²) in [7, 11) is -3.36. The van der Waals surface area contributed by atoms with Gasteiger partial charge in [0.25, 0.3) is 0 Å². The summed E-state index contributed by atoms with van der Waals surface area (Å²) in [6.45, 7) is 7.43. The molecule has 0 radical (unpaired) electrons. The van der Waals surface area contributed by atoms with Gasteiger partial charge < -0.3 is 9.64 Å². The first-order chi connectivity index (χ1) is 13.4. The molecule has 156 valence electrons. The second-order valence-electron chi connectivity index (χ2n) is 8.72. The van der Waals surface area contributed by atoms with Crippen LogP contribution in [0.4, 0.5) is 10.1 Å². The summed E-state index contributed by atoms with van der Waals surface area (Å²) in [4.78, 5) is 2.22. The van der Waals surface area contributed by atoms with E-state index in [9.17, 15) is 12.8 Å². The zero-order chi connectivity index (χ0) is 19.9. The van der Waals surface area contributed by atoms with Crippen molar-refractivity contribution in [1.82, 2.24) is 4.31 Å². The Bertz CT molecular complexity index is 804. The third-order valence-corrected chi connectivity index (χ3v) is 9.28. The van der Waals surface area contributed by atoms with Crippen LogP contribution in [0.15, 0.2) is 18.2 Å². The maximum absolute atomic E-state index is 14.8. The molecule has 1 aromatic rings. The van der Waals surface area contributed by atoms with E-state index in [1.807, 2.05) is 13.0 Å². The van der Waals surface area contributed by atoms with E-state index >= 15 is 0 Å². The highest BCUT2D eigenvalue weighted by molar-refractivity contribution is 7.89. The minimum Gasteiger partial charge on any atom is -0.381 e. The number of sulfonamides is 1. The summed E-state index contributed by atoms with van der Waals surface area (Å²) in [5.74, 6) is 1.09. The highest BCUT2D eigenvalue weighted by atomic mass is 32.2. The molecule has 5 nitrogen and oxygen atoms in total. The molecule has 2 atom stereocenters. The molecule has 0 saturated carbocycles. The lowest BCUT2D eigenvalue weighted by molar-refractivity contribution is 0.0410. The number of rotatable bonds is 4. The molecule has 0 aromatic heterocycles. The minimum atomic E-state index is -3.36. The molecule has 0 spiro atoms. The Balaban J connectivity index is 1.41. The molecule has 3 aliphatic heterocycles. The zero-order valence-electron chi connectivity index (χ0n) is 16.8. The molecule has 28 heavy (non-hydrogen) atoms. The van der Waals surface area contributed by atoms with Crippen LogP contribution in [0.5, 0.6) is 0 Å². The highest BCUT2D eigenvalue weighted by Crippen LogP contribution is 2.35. The van der Waals surface area contributed by atoms with Crippen LogP contribution in [0, 0.1) is 17.7 Å². The summed E-state index contributed by atoms with van der Waals surface area (Å²) in [5.41, 5.74) is 1.35. The van der Waals surface area contributed by atoms with Crippen molar-refractivity contribution in [3.8, 4) is 0 Å². The number of hydrogen-bond donors (Lipinski definition) is 0. The van der Waals surface area contributed by atoms with Gasteiger partial charge in [-0.3, -0.25) is 0 Å². The summed E-state index contributed by atoms with van der Waals surface area (Å²) in [6, 6.07) is 5.17. The minimum absolute atomic E-state index is 0.0871. The van der Waals surface area contributed by atoms with E-state index in [1.54, 1.807) is 19.1 Å². The Hall–Kier alpha value is -1.18. The Morgan fingerprint density at radius 1 is 1.07 bits per heavy atom. The number of halogens is 1. The van der Waals surface area contributed by atoms with Crippen LogP contribution in [0.1, 0.15) is 45.1 Å². The second kappa shape index (κ2) is 7.92. The molecule has 7 heteroatoms. The van der Waals surface area contributed by atoms with Gasteiger partial charge >= 0.3 is 0 Å². The maximum Gasteiger partial charge on any atom is 0.217 e. The maximum atomic E-state index is 14.8. The largest absolute Gasteiger partial charge is 0.381 e. The van der Waals surface area contributed by atoms with E-state index in [2.05, 4.69) is 4.90 Å². The van der Waals surface area contributed by atoms with Gasteiger partial charge in [0.15, 0.2) is 0 Å². The normalized spacial score (nSPS) is 29.6. The Kier molecular flexibility index (Phi) is 5.69. The summed E-state index contributed by atoms with van der Waals surface area (Å²) in [5, 5.41) is -0.394. The van der Waals surface area contributed by atoms with Crippen LogP contribution in [0.3, 0.4) is 0 Å². The fraction of sp³-hybridized carbons (Fsp3) is 0.714. The van der Waals surface area contributed by atoms with Gasteiger partial charge in [-0.15, -0.1) is 0 Å². The molecule has 0 N–H and O–H groups in total. The number of ether oxygens (including phenoxy) is 1. The molecule has 1 unspecified atom stereocenters. The molecule has 3 aliphatic rings. The zero-order valence-corrected chi connectivity index (χ0v) is 17.6. The predicted molar refractivity (Wildman–Crippen MR) is 108 cm³/mol. The monoisotopic (exact) mass is 410 g/mol. The van der Waals surface area contributed by atoms with Crippen molar-refractivity contribution >= 4 is 15.7 Å². The van der Waals surface area contributed by atoms with Crippen molar-refractivity contribution in [2.75, 3.05) is 31.2 Å². The van der Waals surface area contributed by atoms with E-state index in [0.717, 1.165) is 57.2 Å². The van der Waals surface area contributed by atoms with E-state index in [4.69, 9.17) is 4.74 Å². The van der Waals surface area contributed by atoms with Crippen LogP contribution < -0.4 is 4.90 Å². The number of benzene rings is 1. The molecular weight excluding hydrogens is 379 g/mol. The number of hydrogen-bond acceptors (Lipinski definition) is 4. The van der Waals surface area contributed by atoms with Crippen LogP contribution in [0.2, 0.25) is 0 Å². The van der Waals surface area contributed by atoms with Crippen molar-refractivity contribution in [3.05, 3.63) is 29.6 Å². The molecule has 4 rings (SSSR count). The van der Waals surface area contributed by atoms with Gasteiger partial charge in [0.2, 0.25) is 10.0 Å². The van der Waals surface area contributed by atoms with Gasteiger partial charge in [0.05, 0.1) is 5.25 Å². The SMILES string of the molecule is CC1CC[C@H](C)N(Cc2ccc(N3CC(C4CCOCC4)C3)cc2F)S1(=O)=O. The number of anilines is 1. The van der Waals surface area contributed by atoms with Gasteiger partial charge in [-0.05, 0) is 63.5 Å². The standard InChI is InChI=1S/C21H31FN2O3S/c1-15-3-4-16(2)28(25,26)24(15)14-18-5-6-20(11-21(18)22)23-12-19(13-23)17-7-9-27-10-8-17/h5-6,11,15-17,19H,3-4,7-10,12-14H2,1-2H3/t15-,16?/m0/s1. The predicted octanol–water partition coefficient (Wildman–Crippen LogP) is 3.39. The lowest BCUT2D eigenvalue weighted by atomic mass is 9.80. The van der Waals surface area contributed by atoms with Gasteiger partial charge in [-0.1, -0.05) is 6.07 Å². The second-order valence-corrected chi connectivity index (χ2v) is 11.0. The van der Waals surface area contributed by atoms with Gasteiger partial charge in [0, 0.05) is 50.1 Å². The van der Waals surface area contributed by atoms with E-state index < -0.39 is 15.3 Å². The topological polar surface area (TPSA) is 49.9 Å². The van der Waals surface area contributed by atoms with Gasteiger partial charge in [-0.25, -0.2) is 12.8 Å². The van der Waals surface area contributed by atoms with E-state index in [0.29, 0.717) is 17.9 Å². The molecule has 0 amide bonds. The lowest BCUT2D eigenvalue weighted by Gasteiger charge is -2.46. The van der Waals surface area contributed by atoms with Crippen molar-refractivity contribution in [1.29, 1.82) is 0 Å². The first-order valence-electron chi connectivity index (χ1n) is 10.5. The third kappa shape index (κ3) is 3.81. The quantitative estimate of drug-likeness (QED) is 0.764. The van der Waals surface area contributed by atoms with Crippen LogP contribution in [0.25, 0.3) is 0 Å². The first kappa shape index (κ1) is 20.1. The van der Waals surface area contributed by atoms with Crippen molar-refractivity contribution in [2.45, 2.75) is 57.4 Å². The molecule has 3 heterocycles. The lowest BCUT2D eigenvalue weighted by Crippen LogP contribution is -2.51. The molecule has 1 aromatic carbocycles. The molecular formula is C21H31FN2O3S. The Morgan fingerprint density at radius 2 is 1.79 bits per heavy atom. The van der Waals surface area contributed by atoms with E-state index in [-0.39, 0.29) is 18.4 Å². The number of nitrogens with zero attached hydrogens (tertiary/aromatic N) is 2. The average Bonchev–Trinajstić information content (AvgIpc) is 2.63. The molecule has 0 aliphatic carbocycles. The van der Waals surface area contributed by atoms with Crippen molar-refractivity contribution < 1.29 is 17.5 Å². The van der Waals surface area contributed by atoms with Gasteiger partial charge in [0.1, 0.15) is 5.82 Å². The summed E-state index contributed by atoms with van der Waals surface area (Å²) < 4.78 is 47.0. The first-order valence-corrected chi connectivity index (χ1v) is 12.0.